The Morgan fingerprint density at radius 3 is 2.06 bits per heavy atom. The molecule has 0 aliphatic heterocycles. The molecule has 0 aliphatic carbocycles. The third-order valence-electron chi connectivity index (χ3n) is 4.60. The average Bonchev–Trinajstić information content (AvgIpc) is 2.71. The van der Waals surface area contributed by atoms with Crippen molar-refractivity contribution in [1.29, 1.82) is 0 Å². The maximum Gasteiger partial charge on any atom is 0.296 e. The lowest BCUT2D eigenvalue weighted by Gasteiger charge is -2.09. The van der Waals surface area contributed by atoms with Gasteiger partial charge in [0.05, 0.1) is 10.6 Å². The van der Waals surface area contributed by atoms with Crippen LogP contribution < -0.4 is 0 Å². The SMILES string of the molecule is O=S(=O)(O)c1ccc2c(O)c(N=Nc3ccc4ccccc4c3)c(S(=O)(=O)O)cc2c1. The Bertz CT molecular complexity index is 1600. The van der Waals surface area contributed by atoms with Crippen LogP contribution in [0.5, 0.6) is 5.75 Å². The molecule has 0 heterocycles. The minimum Gasteiger partial charge on any atom is -0.505 e. The van der Waals surface area contributed by atoms with E-state index in [0.29, 0.717) is 5.69 Å². The molecule has 0 spiro atoms. The Hall–Kier alpha value is -3.38. The summed E-state index contributed by atoms with van der Waals surface area (Å²) < 4.78 is 65.3. The molecule has 0 amide bonds. The zero-order chi connectivity index (χ0) is 22.4. The quantitative estimate of drug-likeness (QED) is 0.298. The van der Waals surface area contributed by atoms with E-state index in [-0.39, 0.29) is 10.8 Å². The van der Waals surface area contributed by atoms with E-state index in [0.717, 1.165) is 29.0 Å². The Kier molecular flexibility index (Phi) is 4.98. The molecule has 158 valence electrons. The van der Waals surface area contributed by atoms with Gasteiger partial charge in [-0.25, -0.2) is 0 Å². The lowest BCUT2D eigenvalue weighted by Crippen LogP contribution is -2.00. The number of aromatic hydroxyl groups is 1. The number of hydrogen-bond donors (Lipinski definition) is 3. The van der Waals surface area contributed by atoms with Gasteiger partial charge in [0.15, 0.2) is 5.75 Å². The minimum atomic E-state index is -4.86. The molecule has 0 saturated carbocycles. The third-order valence-corrected chi connectivity index (χ3v) is 6.31. The second kappa shape index (κ2) is 7.39. The largest absolute Gasteiger partial charge is 0.505 e. The Morgan fingerprint density at radius 1 is 0.677 bits per heavy atom. The third kappa shape index (κ3) is 4.11. The predicted octanol–water partition coefficient (Wildman–Crippen LogP) is 4.61. The number of rotatable bonds is 4. The van der Waals surface area contributed by atoms with Crippen LogP contribution in [0.25, 0.3) is 21.5 Å². The van der Waals surface area contributed by atoms with E-state index < -0.39 is 41.5 Å². The van der Waals surface area contributed by atoms with Gasteiger partial charge in [0.1, 0.15) is 10.6 Å². The Labute approximate surface area is 176 Å². The van der Waals surface area contributed by atoms with Gasteiger partial charge in [0.25, 0.3) is 20.2 Å². The van der Waals surface area contributed by atoms with Gasteiger partial charge < -0.3 is 5.11 Å². The lowest BCUT2D eigenvalue weighted by atomic mass is 10.1. The molecule has 0 fully saturated rings. The lowest BCUT2D eigenvalue weighted by molar-refractivity contribution is 0.472. The van der Waals surface area contributed by atoms with E-state index in [4.69, 9.17) is 0 Å². The van der Waals surface area contributed by atoms with Crippen molar-refractivity contribution >= 4 is 53.2 Å². The van der Waals surface area contributed by atoms with Gasteiger partial charge in [-0.15, -0.1) is 5.11 Å². The van der Waals surface area contributed by atoms with E-state index in [9.17, 15) is 31.0 Å². The highest BCUT2D eigenvalue weighted by Gasteiger charge is 2.23. The molecule has 0 unspecified atom stereocenters. The van der Waals surface area contributed by atoms with Gasteiger partial charge in [-0.3, -0.25) is 9.11 Å². The summed E-state index contributed by atoms with van der Waals surface area (Å²) in [6.45, 7) is 0. The first-order valence-electron chi connectivity index (χ1n) is 8.69. The molecule has 0 saturated heterocycles. The van der Waals surface area contributed by atoms with Gasteiger partial charge in [0, 0.05) is 5.39 Å². The van der Waals surface area contributed by atoms with Crippen LogP contribution in [0, 0.1) is 0 Å². The monoisotopic (exact) mass is 458 g/mol. The molecule has 4 rings (SSSR count). The fourth-order valence-electron chi connectivity index (χ4n) is 3.13. The number of phenolic OH excluding ortho intramolecular Hbond substituents is 1. The molecule has 9 nitrogen and oxygen atoms in total. The van der Waals surface area contributed by atoms with E-state index in [1.807, 2.05) is 24.3 Å². The Morgan fingerprint density at radius 2 is 1.39 bits per heavy atom. The highest BCUT2D eigenvalue weighted by atomic mass is 32.2. The molecule has 4 aromatic carbocycles. The van der Waals surface area contributed by atoms with Crippen LogP contribution in [0.1, 0.15) is 0 Å². The molecule has 0 radical (unpaired) electrons. The first kappa shape index (κ1) is 20.9. The molecule has 0 atom stereocenters. The first-order valence-corrected chi connectivity index (χ1v) is 11.6. The van der Waals surface area contributed by atoms with Gasteiger partial charge in [-0.2, -0.15) is 21.9 Å². The van der Waals surface area contributed by atoms with E-state index in [1.54, 1.807) is 18.2 Å². The van der Waals surface area contributed by atoms with Crippen molar-refractivity contribution in [3.8, 4) is 5.75 Å². The second-order valence-electron chi connectivity index (χ2n) is 6.64. The summed E-state index contributed by atoms with van der Waals surface area (Å²) in [6, 6.07) is 16.8. The topological polar surface area (TPSA) is 154 Å². The van der Waals surface area contributed by atoms with Crippen molar-refractivity contribution in [2.24, 2.45) is 10.2 Å². The highest BCUT2D eigenvalue weighted by molar-refractivity contribution is 7.86. The van der Waals surface area contributed by atoms with Crippen molar-refractivity contribution in [2.45, 2.75) is 9.79 Å². The normalized spacial score (nSPS) is 12.7. The number of phenols is 1. The van der Waals surface area contributed by atoms with Gasteiger partial charge in [0.2, 0.25) is 0 Å². The fraction of sp³-hybridized carbons (Fsp3) is 0. The van der Waals surface area contributed by atoms with E-state index >= 15 is 0 Å². The van der Waals surface area contributed by atoms with Gasteiger partial charge >= 0.3 is 0 Å². The number of hydrogen-bond acceptors (Lipinski definition) is 7. The molecular formula is C20H14N2O7S2. The number of nitrogens with zero attached hydrogens (tertiary/aromatic N) is 2. The van der Waals surface area contributed by atoms with Gasteiger partial charge in [-0.05, 0) is 52.6 Å². The van der Waals surface area contributed by atoms with Crippen LogP contribution in [0.3, 0.4) is 0 Å². The van der Waals surface area contributed by atoms with Crippen molar-refractivity contribution in [2.75, 3.05) is 0 Å². The summed E-state index contributed by atoms with van der Waals surface area (Å²) in [4.78, 5) is -1.28. The number of fused-ring (bicyclic) bond motifs is 2. The number of azo groups is 1. The van der Waals surface area contributed by atoms with Crippen molar-refractivity contribution in [1.82, 2.24) is 0 Å². The van der Waals surface area contributed by atoms with Crippen LogP contribution in [-0.4, -0.2) is 31.0 Å². The molecule has 0 aromatic heterocycles. The maximum atomic E-state index is 11.9. The zero-order valence-electron chi connectivity index (χ0n) is 15.5. The molecule has 3 N–H and O–H groups in total. The summed E-state index contributed by atoms with van der Waals surface area (Å²) >= 11 is 0. The fourth-order valence-corrected chi connectivity index (χ4v) is 4.30. The molecule has 0 bridgehead atoms. The average molecular weight is 458 g/mol. The highest BCUT2D eigenvalue weighted by Crippen LogP contribution is 2.42. The van der Waals surface area contributed by atoms with Crippen molar-refractivity contribution in [3.63, 3.8) is 0 Å². The van der Waals surface area contributed by atoms with Crippen LogP contribution in [0.4, 0.5) is 11.4 Å². The first-order chi connectivity index (χ1) is 14.5. The molecular weight excluding hydrogens is 444 g/mol. The van der Waals surface area contributed by atoms with Crippen LogP contribution >= 0.6 is 0 Å². The van der Waals surface area contributed by atoms with E-state index in [1.165, 1.54) is 6.07 Å². The minimum absolute atomic E-state index is 0.0484. The second-order valence-corrected chi connectivity index (χ2v) is 9.45. The van der Waals surface area contributed by atoms with Crippen molar-refractivity contribution < 1.29 is 31.0 Å². The zero-order valence-corrected chi connectivity index (χ0v) is 17.2. The van der Waals surface area contributed by atoms with E-state index in [2.05, 4.69) is 10.2 Å². The molecule has 11 heteroatoms. The van der Waals surface area contributed by atoms with Crippen molar-refractivity contribution in [3.05, 3.63) is 66.7 Å². The predicted molar refractivity (Wildman–Crippen MR) is 113 cm³/mol. The van der Waals surface area contributed by atoms with Crippen LogP contribution in [-0.2, 0) is 20.2 Å². The van der Waals surface area contributed by atoms with Crippen LogP contribution in [0.2, 0.25) is 0 Å². The summed E-state index contributed by atoms with van der Waals surface area (Å²) in [5.74, 6) is -0.628. The molecule has 4 aromatic rings. The standard InChI is InChI=1S/C20H14N2O7S2/c23-20-17-8-7-16(30(24,25)26)10-14(17)11-18(31(27,28)29)19(20)22-21-15-6-5-12-3-1-2-4-13(12)9-15/h1-11,23H,(H,24,25,26)(H,27,28,29). The molecule has 0 aliphatic rings. The smallest absolute Gasteiger partial charge is 0.296 e. The summed E-state index contributed by atoms with van der Waals surface area (Å²) in [6.07, 6.45) is 0. The summed E-state index contributed by atoms with van der Waals surface area (Å²) in [5.41, 5.74) is -0.135. The Balaban J connectivity index is 1.91. The number of benzene rings is 4. The summed E-state index contributed by atoms with van der Waals surface area (Å²) in [7, 11) is -9.43. The van der Waals surface area contributed by atoms with Gasteiger partial charge in [-0.1, -0.05) is 30.3 Å². The molecule has 31 heavy (non-hydrogen) atoms. The summed E-state index contributed by atoms with van der Waals surface area (Å²) in [5, 5.41) is 20.2. The van der Waals surface area contributed by atoms with Crippen LogP contribution in [0.15, 0.2) is 86.7 Å². The maximum absolute atomic E-state index is 11.9.